The molecular formula is C18H18N6O4. The number of anilines is 3. The van der Waals surface area contributed by atoms with Crippen molar-refractivity contribution in [2.75, 3.05) is 11.1 Å². The van der Waals surface area contributed by atoms with E-state index < -0.39 is 17.9 Å². The van der Waals surface area contributed by atoms with Crippen molar-refractivity contribution in [3.63, 3.8) is 0 Å². The zero-order chi connectivity index (χ0) is 19.9. The van der Waals surface area contributed by atoms with E-state index in [4.69, 9.17) is 14.9 Å². The number of rotatable bonds is 7. The second kappa shape index (κ2) is 8.62. The number of amides is 1. The van der Waals surface area contributed by atoms with Gasteiger partial charge in [0.1, 0.15) is 6.04 Å². The van der Waals surface area contributed by atoms with Crippen molar-refractivity contribution in [2.45, 2.75) is 19.6 Å². The summed E-state index contributed by atoms with van der Waals surface area (Å²) in [5.41, 5.74) is 6.46. The third-order valence-corrected chi connectivity index (χ3v) is 3.52. The van der Waals surface area contributed by atoms with Crippen LogP contribution in [-0.2, 0) is 16.1 Å². The SMILES string of the molecule is C[C@H](NC(=O)c1ccco1)C(=O)OCc1nc(N)nc(Nc2ccccc2)n1. The van der Waals surface area contributed by atoms with Crippen molar-refractivity contribution in [3.05, 3.63) is 60.3 Å². The largest absolute Gasteiger partial charge is 0.459 e. The van der Waals surface area contributed by atoms with E-state index in [1.165, 1.54) is 19.3 Å². The fourth-order valence-electron chi connectivity index (χ4n) is 2.20. The van der Waals surface area contributed by atoms with Gasteiger partial charge in [0.05, 0.1) is 6.26 Å². The summed E-state index contributed by atoms with van der Waals surface area (Å²) in [7, 11) is 0. The van der Waals surface area contributed by atoms with E-state index in [1.54, 1.807) is 6.07 Å². The highest BCUT2D eigenvalue weighted by atomic mass is 16.5. The molecule has 0 fully saturated rings. The lowest BCUT2D eigenvalue weighted by Gasteiger charge is -2.12. The van der Waals surface area contributed by atoms with Gasteiger partial charge in [-0.3, -0.25) is 4.79 Å². The van der Waals surface area contributed by atoms with Gasteiger partial charge in [-0.1, -0.05) is 18.2 Å². The average molecular weight is 382 g/mol. The Hall–Kier alpha value is -3.95. The zero-order valence-electron chi connectivity index (χ0n) is 15.0. The Morgan fingerprint density at radius 2 is 1.93 bits per heavy atom. The summed E-state index contributed by atoms with van der Waals surface area (Å²) in [6.07, 6.45) is 1.37. The molecule has 2 aromatic heterocycles. The van der Waals surface area contributed by atoms with E-state index >= 15 is 0 Å². The third kappa shape index (κ3) is 5.04. The fraction of sp³-hybridized carbons (Fsp3) is 0.167. The van der Waals surface area contributed by atoms with Crippen LogP contribution in [0.25, 0.3) is 0 Å². The second-order valence-corrected chi connectivity index (χ2v) is 5.70. The van der Waals surface area contributed by atoms with Crippen LogP contribution < -0.4 is 16.4 Å². The molecule has 1 aromatic carbocycles. The fourth-order valence-corrected chi connectivity index (χ4v) is 2.20. The summed E-state index contributed by atoms with van der Waals surface area (Å²) < 4.78 is 10.1. The Kier molecular flexibility index (Phi) is 5.80. The standard InChI is InChI=1S/C18H18N6O4/c1-11(20-15(25)13-8-5-9-27-13)16(26)28-10-14-22-17(19)24-18(23-14)21-12-6-3-2-4-7-12/h2-9,11H,10H2,1H3,(H,20,25)(H3,19,21,22,23,24)/t11-/m0/s1. The monoisotopic (exact) mass is 382 g/mol. The number of benzene rings is 1. The van der Waals surface area contributed by atoms with Gasteiger partial charge in [0.15, 0.2) is 18.2 Å². The summed E-state index contributed by atoms with van der Waals surface area (Å²) in [6.45, 7) is 1.27. The maximum absolute atomic E-state index is 12.1. The minimum Gasteiger partial charge on any atom is -0.459 e. The first-order chi connectivity index (χ1) is 13.5. The van der Waals surface area contributed by atoms with Crippen LogP contribution in [0, 0.1) is 0 Å². The van der Waals surface area contributed by atoms with Gasteiger partial charge in [-0.05, 0) is 31.2 Å². The molecule has 10 nitrogen and oxygen atoms in total. The van der Waals surface area contributed by atoms with Gasteiger partial charge in [-0.15, -0.1) is 0 Å². The number of para-hydroxylation sites is 1. The normalized spacial score (nSPS) is 11.5. The van der Waals surface area contributed by atoms with Crippen molar-refractivity contribution in [1.29, 1.82) is 0 Å². The van der Waals surface area contributed by atoms with E-state index in [-0.39, 0.29) is 30.1 Å². The number of nitrogens with one attached hydrogen (secondary N) is 2. The Morgan fingerprint density at radius 3 is 2.64 bits per heavy atom. The highest BCUT2D eigenvalue weighted by Gasteiger charge is 2.20. The lowest BCUT2D eigenvalue weighted by Crippen LogP contribution is -2.39. The maximum atomic E-state index is 12.1. The van der Waals surface area contributed by atoms with Gasteiger partial charge in [-0.25, -0.2) is 4.79 Å². The predicted octanol–water partition coefficient (Wildman–Crippen LogP) is 1.65. The van der Waals surface area contributed by atoms with E-state index in [0.29, 0.717) is 0 Å². The number of aromatic nitrogens is 3. The van der Waals surface area contributed by atoms with E-state index in [0.717, 1.165) is 5.69 Å². The Balaban J connectivity index is 1.57. The number of nitrogen functional groups attached to an aromatic ring is 1. The Labute approximate surface area is 160 Å². The molecule has 0 bridgehead atoms. The van der Waals surface area contributed by atoms with Crippen LogP contribution in [0.5, 0.6) is 0 Å². The zero-order valence-corrected chi connectivity index (χ0v) is 15.0. The molecule has 0 aliphatic rings. The topological polar surface area (TPSA) is 145 Å². The van der Waals surface area contributed by atoms with Crippen molar-refractivity contribution < 1.29 is 18.7 Å². The molecule has 0 aliphatic carbocycles. The van der Waals surface area contributed by atoms with Crippen LogP contribution in [-0.4, -0.2) is 32.9 Å². The van der Waals surface area contributed by atoms with Gasteiger partial charge in [0.25, 0.3) is 5.91 Å². The molecule has 144 valence electrons. The van der Waals surface area contributed by atoms with Gasteiger partial charge in [0.2, 0.25) is 11.9 Å². The molecule has 0 saturated carbocycles. The number of hydrogen-bond acceptors (Lipinski definition) is 9. The number of esters is 1. The second-order valence-electron chi connectivity index (χ2n) is 5.70. The van der Waals surface area contributed by atoms with E-state index in [1.807, 2.05) is 30.3 Å². The number of carbonyl (C=O) groups excluding carboxylic acids is 2. The van der Waals surface area contributed by atoms with Crippen LogP contribution in [0.1, 0.15) is 23.3 Å². The number of nitrogens with zero attached hydrogens (tertiary/aromatic N) is 3. The van der Waals surface area contributed by atoms with Crippen LogP contribution in [0.15, 0.2) is 53.1 Å². The molecule has 3 aromatic rings. The molecule has 3 rings (SSSR count). The molecule has 0 saturated heterocycles. The van der Waals surface area contributed by atoms with Gasteiger partial charge >= 0.3 is 5.97 Å². The number of furan rings is 1. The molecule has 1 atom stereocenters. The predicted molar refractivity (Wildman–Crippen MR) is 99.4 cm³/mol. The molecule has 1 amide bonds. The van der Waals surface area contributed by atoms with Crippen LogP contribution in [0.3, 0.4) is 0 Å². The van der Waals surface area contributed by atoms with Crippen LogP contribution in [0.2, 0.25) is 0 Å². The van der Waals surface area contributed by atoms with E-state index in [9.17, 15) is 9.59 Å². The number of nitrogens with two attached hydrogens (primary N) is 1. The smallest absolute Gasteiger partial charge is 0.328 e. The van der Waals surface area contributed by atoms with Gasteiger partial charge < -0.3 is 25.5 Å². The first-order valence-corrected chi connectivity index (χ1v) is 8.35. The number of ether oxygens (including phenoxy) is 1. The number of hydrogen-bond donors (Lipinski definition) is 3. The average Bonchev–Trinajstić information content (AvgIpc) is 3.21. The molecule has 2 heterocycles. The molecular weight excluding hydrogens is 364 g/mol. The van der Waals surface area contributed by atoms with Crippen molar-refractivity contribution >= 4 is 29.5 Å². The Morgan fingerprint density at radius 1 is 1.14 bits per heavy atom. The molecule has 10 heteroatoms. The summed E-state index contributed by atoms with van der Waals surface area (Å²) in [6, 6.07) is 11.4. The van der Waals surface area contributed by atoms with Crippen molar-refractivity contribution in [2.24, 2.45) is 0 Å². The lowest BCUT2D eigenvalue weighted by atomic mass is 10.3. The summed E-state index contributed by atoms with van der Waals surface area (Å²) >= 11 is 0. The third-order valence-electron chi connectivity index (χ3n) is 3.52. The summed E-state index contributed by atoms with van der Waals surface area (Å²) in [5, 5.41) is 5.46. The summed E-state index contributed by atoms with van der Waals surface area (Å²) in [5.74, 6) is -0.697. The molecule has 4 N–H and O–H groups in total. The Bertz CT molecular complexity index is 946. The van der Waals surface area contributed by atoms with Gasteiger partial charge in [-0.2, -0.15) is 15.0 Å². The maximum Gasteiger partial charge on any atom is 0.328 e. The molecule has 0 unspecified atom stereocenters. The van der Waals surface area contributed by atoms with Crippen molar-refractivity contribution in [1.82, 2.24) is 20.3 Å². The minimum absolute atomic E-state index is 0.0151. The number of carbonyl (C=O) groups is 2. The first kappa shape index (κ1) is 18.8. The highest BCUT2D eigenvalue weighted by molar-refractivity contribution is 5.94. The van der Waals surface area contributed by atoms with E-state index in [2.05, 4.69) is 25.6 Å². The quantitative estimate of drug-likeness (QED) is 0.519. The molecule has 0 aliphatic heterocycles. The van der Waals surface area contributed by atoms with Gasteiger partial charge in [0, 0.05) is 5.69 Å². The lowest BCUT2D eigenvalue weighted by molar-refractivity contribution is -0.147. The van der Waals surface area contributed by atoms with Crippen LogP contribution >= 0.6 is 0 Å². The molecule has 0 spiro atoms. The summed E-state index contributed by atoms with van der Waals surface area (Å²) in [4.78, 5) is 36.1. The first-order valence-electron chi connectivity index (χ1n) is 8.35. The van der Waals surface area contributed by atoms with Crippen LogP contribution in [0.4, 0.5) is 17.6 Å². The van der Waals surface area contributed by atoms with Crippen molar-refractivity contribution in [3.8, 4) is 0 Å². The highest BCUT2D eigenvalue weighted by Crippen LogP contribution is 2.13. The minimum atomic E-state index is -0.890. The molecule has 28 heavy (non-hydrogen) atoms. The molecule has 0 radical (unpaired) electrons.